The van der Waals surface area contributed by atoms with Gasteiger partial charge in [-0.05, 0) is 43.2 Å². The molecule has 1 aliphatic rings. The minimum Gasteiger partial charge on any atom is -0.493 e. The summed E-state index contributed by atoms with van der Waals surface area (Å²) in [5, 5.41) is 3.60. The van der Waals surface area contributed by atoms with E-state index in [9.17, 15) is 0 Å². The molecule has 3 heteroatoms. The highest BCUT2D eigenvalue weighted by Gasteiger charge is 2.26. The molecular weight excluding hydrogens is 250 g/mol. The summed E-state index contributed by atoms with van der Waals surface area (Å²) in [4.78, 5) is 0. The summed E-state index contributed by atoms with van der Waals surface area (Å²) >= 11 is 0. The molecule has 0 radical (unpaired) electrons. The minimum atomic E-state index is 0.534. The summed E-state index contributed by atoms with van der Waals surface area (Å²) in [7, 11) is 1.67. The zero-order chi connectivity index (χ0) is 14.4. The van der Waals surface area contributed by atoms with Crippen molar-refractivity contribution in [3.63, 3.8) is 0 Å². The van der Waals surface area contributed by atoms with Crippen molar-refractivity contribution in [2.75, 3.05) is 20.3 Å². The Kier molecular flexibility index (Phi) is 5.30. The van der Waals surface area contributed by atoms with Gasteiger partial charge in [0.1, 0.15) is 6.61 Å². The second-order valence-electron chi connectivity index (χ2n) is 6.39. The summed E-state index contributed by atoms with van der Waals surface area (Å²) in [5.41, 5.74) is 0.534. The van der Waals surface area contributed by atoms with Crippen LogP contribution in [0.1, 0.15) is 39.5 Å². The van der Waals surface area contributed by atoms with Gasteiger partial charge in [0.05, 0.1) is 7.11 Å². The molecule has 1 aliphatic carbocycles. The van der Waals surface area contributed by atoms with Crippen LogP contribution in [0.4, 0.5) is 0 Å². The van der Waals surface area contributed by atoms with Crippen LogP contribution >= 0.6 is 0 Å². The SMILES string of the molecule is COc1ccccc1OCCNC1CCC(C)(C)CC1. The molecule has 1 saturated carbocycles. The van der Waals surface area contributed by atoms with Crippen LogP contribution in [0, 0.1) is 5.41 Å². The molecule has 0 unspecified atom stereocenters. The number of hydrogen-bond donors (Lipinski definition) is 1. The van der Waals surface area contributed by atoms with Crippen molar-refractivity contribution in [1.82, 2.24) is 5.32 Å². The van der Waals surface area contributed by atoms with Gasteiger partial charge < -0.3 is 14.8 Å². The monoisotopic (exact) mass is 277 g/mol. The molecule has 1 aromatic carbocycles. The van der Waals surface area contributed by atoms with Gasteiger partial charge in [0.15, 0.2) is 11.5 Å². The maximum absolute atomic E-state index is 5.77. The fourth-order valence-corrected chi connectivity index (χ4v) is 2.77. The molecule has 0 saturated heterocycles. The van der Waals surface area contributed by atoms with E-state index < -0.39 is 0 Å². The van der Waals surface area contributed by atoms with Crippen LogP contribution < -0.4 is 14.8 Å². The second kappa shape index (κ2) is 6.98. The maximum Gasteiger partial charge on any atom is 0.161 e. The van der Waals surface area contributed by atoms with Gasteiger partial charge in [-0.3, -0.25) is 0 Å². The van der Waals surface area contributed by atoms with Crippen molar-refractivity contribution >= 4 is 0 Å². The highest BCUT2D eigenvalue weighted by molar-refractivity contribution is 5.39. The lowest BCUT2D eigenvalue weighted by molar-refractivity contribution is 0.199. The van der Waals surface area contributed by atoms with Crippen LogP contribution in [-0.4, -0.2) is 26.3 Å². The Bertz CT molecular complexity index is 407. The first-order valence-electron chi connectivity index (χ1n) is 7.60. The fraction of sp³-hybridized carbons (Fsp3) is 0.647. The van der Waals surface area contributed by atoms with E-state index in [1.54, 1.807) is 7.11 Å². The number of nitrogens with one attached hydrogen (secondary N) is 1. The van der Waals surface area contributed by atoms with E-state index in [1.807, 2.05) is 24.3 Å². The van der Waals surface area contributed by atoms with Gasteiger partial charge in [-0.2, -0.15) is 0 Å². The molecule has 1 aromatic rings. The van der Waals surface area contributed by atoms with Crippen LogP contribution in [0.25, 0.3) is 0 Å². The molecule has 2 rings (SSSR count). The van der Waals surface area contributed by atoms with Crippen LogP contribution in [0.5, 0.6) is 11.5 Å². The smallest absolute Gasteiger partial charge is 0.161 e. The second-order valence-corrected chi connectivity index (χ2v) is 6.39. The Balaban J connectivity index is 1.67. The van der Waals surface area contributed by atoms with Gasteiger partial charge >= 0.3 is 0 Å². The number of benzene rings is 1. The first kappa shape index (κ1) is 15.2. The van der Waals surface area contributed by atoms with E-state index in [-0.39, 0.29) is 0 Å². The highest BCUT2D eigenvalue weighted by Crippen LogP contribution is 2.34. The van der Waals surface area contributed by atoms with E-state index in [2.05, 4.69) is 19.2 Å². The molecule has 0 spiro atoms. The summed E-state index contributed by atoms with van der Waals surface area (Å²) in [6, 6.07) is 8.44. The number of para-hydroxylation sites is 2. The molecule has 0 amide bonds. The quantitative estimate of drug-likeness (QED) is 0.805. The Labute approximate surface area is 122 Å². The Morgan fingerprint density at radius 2 is 1.80 bits per heavy atom. The van der Waals surface area contributed by atoms with Gasteiger partial charge in [0.2, 0.25) is 0 Å². The molecule has 112 valence electrons. The van der Waals surface area contributed by atoms with Gasteiger partial charge in [0.25, 0.3) is 0 Å². The summed E-state index contributed by atoms with van der Waals surface area (Å²) in [6.07, 6.45) is 5.19. The lowest BCUT2D eigenvalue weighted by atomic mass is 9.75. The molecule has 0 bridgehead atoms. The Hall–Kier alpha value is -1.22. The van der Waals surface area contributed by atoms with Crippen LogP contribution in [0.15, 0.2) is 24.3 Å². The number of hydrogen-bond acceptors (Lipinski definition) is 3. The molecular formula is C17H27NO2. The molecule has 3 nitrogen and oxygen atoms in total. The average molecular weight is 277 g/mol. The van der Waals surface area contributed by atoms with Crippen LogP contribution in [0.2, 0.25) is 0 Å². The summed E-state index contributed by atoms with van der Waals surface area (Å²) in [5.74, 6) is 1.62. The van der Waals surface area contributed by atoms with Gasteiger partial charge in [-0.1, -0.05) is 26.0 Å². The van der Waals surface area contributed by atoms with E-state index >= 15 is 0 Å². The number of methoxy groups -OCH3 is 1. The highest BCUT2D eigenvalue weighted by atomic mass is 16.5. The maximum atomic E-state index is 5.77. The van der Waals surface area contributed by atoms with E-state index in [0.29, 0.717) is 18.1 Å². The van der Waals surface area contributed by atoms with E-state index in [1.165, 1.54) is 25.7 Å². The van der Waals surface area contributed by atoms with Crippen molar-refractivity contribution in [3.8, 4) is 11.5 Å². The molecule has 1 fully saturated rings. The minimum absolute atomic E-state index is 0.534. The lowest BCUT2D eigenvalue weighted by Crippen LogP contribution is -2.37. The molecule has 0 heterocycles. The van der Waals surface area contributed by atoms with Crippen molar-refractivity contribution in [2.45, 2.75) is 45.6 Å². The number of ether oxygens (including phenoxy) is 2. The fourth-order valence-electron chi connectivity index (χ4n) is 2.77. The lowest BCUT2D eigenvalue weighted by Gasteiger charge is -2.34. The first-order valence-corrected chi connectivity index (χ1v) is 7.60. The van der Waals surface area contributed by atoms with Gasteiger partial charge in [-0.25, -0.2) is 0 Å². The van der Waals surface area contributed by atoms with Crippen molar-refractivity contribution in [3.05, 3.63) is 24.3 Å². The molecule has 0 aliphatic heterocycles. The number of rotatable bonds is 6. The first-order chi connectivity index (χ1) is 9.61. The van der Waals surface area contributed by atoms with E-state index in [4.69, 9.17) is 9.47 Å². The predicted molar refractivity (Wildman–Crippen MR) is 82.5 cm³/mol. The van der Waals surface area contributed by atoms with Crippen LogP contribution in [0.3, 0.4) is 0 Å². The van der Waals surface area contributed by atoms with Crippen molar-refractivity contribution in [1.29, 1.82) is 0 Å². The zero-order valence-electron chi connectivity index (χ0n) is 12.9. The normalized spacial score (nSPS) is 18.8. The third kappa shape index (κ3) is 4.41. The standard InChI is InChI=1S/C17H27NO2/c1-17(2)10-8-14(9-11-17)18-12-13-20-16-7-5-4-6-15(16)19-3/h4-7,14,18H,8-13H2,1-3H3. The largest absolute Gasteiger partial charge is 0.493 e. The molecule has 20 heavy (non-hydrogen) atoms. The topological polar surface area (TPSA) is 30.5 Å². The Morgan fingerprint density at radius 1 is 1.15 bits per heavy atom. The van der Waals surface area contributed by atoms with Crippen molar-refractivity contribution in [2.24, 2.45) is 5.41 Å². The van der Waals surface area contributed by atoms with Crippen LogP contribution in [-0.2, 0) is 0 Å². The average Bonchev–Trinajstić information content (AvgIpc) is 2.45. The van der Waals surface area contributed by atoms with Gasteiger partial charge in [0, 0.05) is 12.6 Å². The molecule has 1 N–H and O–H groups in total. The van der Waals surface area contributed by atoms with Crippen molar-refractivity contribution < 1.29 is 9.47 Å². The Morgan fingerprint density at radius 3 is 2.45 bits per heavy atom. The third-order valence-corrected chi connectivity index (χ3v) is 4.20. The molecule has 0 aromatic heterocycles. The summed E-state index contributed by atoms with van der Waals surface area (Å²) < 4.78 is 11.0. The zero-order valence-corrected chi connectivity index (χ0v) is 12.9. The predicted octanol–water partition coefficient (Wildman–Crippen LogP) is 3.63. The van der Waals surface area contributed by atoms with E-state index in [0.717, 1.165) is 18.0 Å². The third-order valence-electron chi connectivity index (χ3n) is 4.20. The molecule has 0 atom stereocenters. The van der Waals surface area contributed by atoms with Gasteiger partial charge in [-0.15, -0.1) is 0 Å². The summed E-state index contributed by atoms with van der Waals surface area (Å²) in [6.45, 7) is 6.31.